The van der Waals surface area contributed by atoms with Gasteiger partial charge in [0, 0.05) is 45.6 Å². The van der Waals surface area contributed by atoms with E-state index >= 15 is 0 Å². The molecule has 1 N–H and O–H groups in total. The first-order chi connectivity index (χ1) is 11.2. The topological polar surface area (TPSA) is 54.2 Å². The molecule has 0 spiro atoms. The SMILES string of the molecule is CN=C(NCc1cn2ccc(C)cc2n1)N(C)CC1CCOC1.I. The number of nitrogens with one attached hydrogen (secondary N) is 1. The number of fused-ring (bicyclic) bond motifs is 1. The van der Waals surface area contributed by atoms with Crippen molar-refractivity contribution in [3.63, 3.8) is 0 Å². The molecule has 0 radical (unpaired) electrons. The minimum absolute atomic E-state index is 0. The number of hydrogen-bond acceptors (Lipinski definition) is 3. The van der Waals surface area contributed by atoms with Crippen LogP contribution >= 0.6 is 24.0 Å². The molecule has 3 rings (SSSR count). The Hall–Kier alpha value is -1.35. The number of halogens is 1. The lowest BCUT2D eigenvalue weighted by Crippen LogP contribution is -2.41. The Balaban J connectivity index is 0.00000208. The molecule has 1 saturated heterocycles. The van der Waals surface area contributed by atoms with Gasteiger partial charge in [0.15, 0.2) is 5.96 Å². The van der Waals surface area contributed by atoms with Crippen LogP contribution in [-0.4, -0.2) is 54.1 Å². The van der Waals surface area contributed by atoms with Crippen molar-refractivity contribution < 1.29 is 4.74 Å². The van der Waals surface area contributed by atoms with E-state index in [2.05, 4.69) is 52.5 Å². The second-order valence-electron chi connectivity index (χ2n) is 6.21. The molecule has 24 heavy (non-hydrogen) atoms. The zero-order chi connectivity index (χ0) is 16.2. The van der Waals surface area contributed by atoms with E-state index in [0.717, 1.165) is 43.5 Å². The number of aromatic nitrogens is 2. The molecule has 132 valence electrons. The number of ether oxygens (including phenoxy) is 1. The van der Waals surface area contributed by atoms with Crippen molar-refractivity contribution in [3.05, 3.63) is 35.8 Å². The molecular formula is C17H26IN5O. The van der Waals surface area contributed by atoms with Gasteiger partial charge < -0.3 is 19.4 Å². The van der Waals surface area contributed by atoms with E-state index in [4.69, 9.17) is 4.74 Å². The molecule has 2 aromatic heterocycles. The normalized spacial score (nSPS) is 17.8. The maximum Gasteiger partial charge on any atom is 0.193 e. The number of guanidine groups is 1. The van der Waals surface area contributed by atoms with Gasteiger partial charge in [-0.25, -0.2) is 4.98 Å². The summed E-state index contributed by atoms with van der Waals surface area (Å²) in [6.45, 7) is 5.44. The second kappa shape index (κ2) is 8.66. The van der Waals surface area contributed by atoms with Crippen molar-refractivity contribution in [2.75, 3.05) is 33.9 Å². The Labute approximate surface area is 160 Å². The van der Waals surface area contributed by atoms with E-state index in [9.17, 15) is 0 Å². The Bertz CT molecular complexity index is 693. The molecular weight excluding hydrogens is 417 g/mol. The summed E-state index contributed by atoms with van der Waals surface area (Å²) in [6.07, 6.45) is 5.23. The molecule has 1 fully saturated rings. The summed E-state index contributed by atoms with van der Waals surface area (Å²) in [4.78, 5) is 11.2. The highest BCUT2D eigenvalue weighted by Crippen LogP contribution is 2.13. The first-order valence-corrected chi connectivity index (χ1v) is 8.09. The molecule has 1 aliphatic heterocycles. The maximum absolute atomic E-state index is 5.44. The van der Waals surface area contributed by atoms with Crippen LogP contribution in [-0.2, 0) is 11.3 Å². The smallest absolute Gasteiger partial charge is 0.193 e. The Morgan fingerprint density at radius 2 is 2.38 bits per heavy atom. The zero-order valence-electron chi connectivity index (χ0n) is 14.5. The molecule has 1 atom stereocenters. The molecule has 2 aromatic rings. The van der Waals surface area contributed by atoms with Gasteiger partial charge in [0.2, 0.25) is 0 Å². The van der Waals surface area contributed by atoms with Crippen molar-refractivity contribution in [3.8, 4) is 0 Å². The molecule has 1 unspecified atom stereocenters. The fourth-order valence-corrected chi connectivity index (χ4v) is 2.98. The first kappa shape index (κ1) is 19.0. The summed E-state index contributed by atoms with van der Waals surface area (Å²) in [6, 6.07) is 4.17. The van der Waals surface area contributed by atoms with Crippen LogP contribution < -0.4 is 5.32 Å². The summed E-state index contributed by atoms with van der Waals surface area (Å²) >= 11 is 0. The number of hydrogen-bond donors (Lipinski definition) is 1. The predicted octanol–water partition coefficient (Wildman–Crippen LogP) is 2.30. The lowest BCUT2D eigenvalue weighted by atomic mass is 10.1. The molecule has 3 heterocycles. The molecule has 6 nitrogen and oxygen atoms in total. The third-order valence-corrected chi connectivity index (χ3v) is 4.22. The van der Waals surface area contributed by atoms with Crippen molar-refractivity contribution in [1.82, 2.24) is 19.6 Å². The first-order valence-electron chi connectivity index (χ1n) is 8.09. The van der Waals surface area contributed by atoms with Crippen LogP contribution in [0, 0.1) is 12.8 Å². The number of aliphatic imine (C=N–C) groups is 1. The van der Waals surface area contributed by atoms with Gasteiger partial charge in [-0.15, -0.1) is 24.0 Å². The highest BCUT2D eigenvalue weighted by molar-refractivity contribution is 14.0. The third kappa shape index (κ3) is 4.60. The van der Waals surface area contributed by atoms with Gasteiger partial charge in [0.1, 0.15) is 5.65 Å². The summed E-state index contributed by atoms with van der Waals surface area (Å²) in [5, 5.41) is 3.39. The van der Waals surface area contributed by atoms with Crippen molar-refractivity contribution in [1.29, 1.82) is 0 Å². The van der Waals surface area contributed by atoms with Gasteiger partial charge in [-0.05, 0) is 31.0 Å². The van der Waals surface area contributed by atoms with E-state index in [0.29, 0.717) is 12.5 Å². The maximum atomic E-state index is 5.44. The fourth-order valence-electron chi connectivity index (χ4n) is 2.98. The average Bonchev–Trinajstić information content (AvgIpc) is 3.16. The quantitative estimate of drug-likeness (QED) is 0.448. The standard InChI is InChI=1S/C17H25N5O.HI/c1-13-4-6-22-11-15(20-16(22)8-13)9-19-17(18-2)21(3)10-14-5-7-23-12-14;/h4,6,8,11,14H,5,7,9-10,12H2,1-3H3,(H,18,19);1H. The van der Waals surface area contributed by atoms with E-state index in [-0.39, 0.29) is 24.0 Å². The molecule has 0 saturated carbocycles. The van der Waals surface area contributed by atoms with E-state index in [1.165, 1.54) is 5.56 Å². The van der Waals surface area contributed by atoms with Gasteiger partial charge in [0.05, 0.1) is 18.8 Å². The number of rotatable bonds is 4. The van der Waals surface area contributed by atoms with Gasteiger partial charge in [0.25, 0.3) is 0 Å². The minimum atomic E-state index is 0. The highest BCUT2D eigenvalue weighted by Gasteiger charge is 2.19. The van der Waals surface area contributed by atoms with Crippen LogP contribution in [0.2, 0.25) is 0 Å². The summed E-state index contributed by atoms with van der Waals surface area (Å²) < 4.78 is 7.49. The Kier molecular flexibility index (Phi) is 6.85. The lowest BCUT2D eigenvalue weighted by Gasteiger charge is -2.24. The average molecular weight is 443 g/mol. The Morgan fingerprint density at radius 1 is 1.54 bits per heavy atom. The van der Waals surface area contributed by atoms with E-state index in [1.54, 1.807) is 0 Å². The second-order valence-corrected chi connectivity index (χ2v) is 6.21. The number of nitrogens with zero attached hydrogens (tertiary/aromatic N) is 4. The predicted molar refractivity (Wildman–Crippen MR) is 107 cm³/mol. The summed E-state index contributed by atoms with van der Waals surface area (Å²) in [5.74, 6) is 1.49. The minimum Gasteiger partial charge on any atom is -0.381 e. The monoisotopic (exact) mass is 443 g/mol. The number of imidazole rings is 1. The van der Waals surface area contributed by atoms with Crippen LogP contribution in [0.3, 0.4) is 0 Å². The lowest BCUT2D eigenvalue weighted by molar-refractivity contribution is 0.181. The fraction of sp³-hybridized carbons (Fsp3) is 0.529. The summed E-state index contributed by atoms with van der Waals surface area (Å²) in [7, 11) is 3.89. The van der Waals surface area contributed by atoms with E-state index < -0.39 is 0 Å². The number of pyridine rings is 1. The van der Waals surface area contributed by atoms with E-state index in [1.807, 2.05) is 17.6 Å². The molecule has 0 aliphatic carbocycles. The third-order valence-electron chi connectivity index (χ3n) is 4.22. The van der Waals surface area contributed by atoms with Crippen LogP contribution in [0.5, 0.6) is 0 Å². The van der Waals surface area contributed by atoms with Gasteiger partial charge in [-0.2, -0.15) is 0 Å². The van der Waals surface area contributed by atoms with Gasteiger partial charge in [-0.3, -0.25) is 4.99 Å². The molecule has 0 amide bonds. The zero-order valence-corrected chi connectivity index (χ0v) is 16.9. The largest absolute Gasteiger partial charge is 0.381 e. The molecule has 0 aromatic carbocycles. The van der Waals surface area contributed by atoms with Crippen LogP contribution in [0.25, 0.3) is 5.65 Å². The number of aryl methyl sites for hydroxylation is 1. The van der Waals surface area contributed by atoms with Crippen LogP contribution in [0.4, 0.5) is 0 Å². The molecule has 7 heteroatoms. The van der Waals surface area contributed by atoms with Crippen molar-refractivity contribution >= 4 is 35.6 Å². The summed E-state index contributed by atoms with van der Waals surface area (Å²) in [5.41, 5.74) is 3.21. The molecule has 1 aliphatic rings. The van der Waals surface area contributed by atoms with Crippen LogP contribution in [0.15, 0.2) is 29.5 Å². The molecule has 0 bridgehead atoms. The highest BCUT2D eigenvalue weighted by atomic mass is 127. The Morgan fingerprint density at radius 3 is 3.08 bits per heavy atom. The van der Waals surface area contributed by atoms with Gasteiger partial charge in [-0.1, -0.05) is 0 Å². The van der Waals surface area contributed by atoms with Crippen molar-refractivity contribution in [2.24, 2.45) is 10.9 Å². The van der Waals surface area contributed by atoms with Gasteiger partial charge >= 0.3 is 0 Å². The van der Waals surface area contributed by atoms with Crippen molar-refractivity contribution in [2.45, 2.75) is 19.9 Å². The van der Waals surface area contributed by atoms with Crippen LogP contribution in [0.1, 0.15) is 17.7 Å².